The van der Waals surface area contributed by atoms with Crippen LogP contribution < -0.4 is 29.1 Å². The van der Waals surface area contributed by atoms with Gasteiger partial charge >= 0.3 is 0 Å². The molecule has 1 aliphatic heterocycles. The average molecular weight is 532 g/mol. The van der Waals surface area contributed by atoms with Crippen molar-refractivity contribution in [2.24, 2.45) is 0 Å². The Labute approximate surface area is 212 Å². The van der Waals surface area contributed by atoms with Crippen LogP contribution in [0.1, 0.15) is 0 Å². The van der Waals surface area contributed by atoms with Gasteiger partial charge in [-0.1, -0.05) is 22.6 Å². The third-order valence-corrected chi connectivity index (χ3v) is 8.32. The maximum Gasteiger partial charge on any atom is 0.270 e. The lowest BCUT2D eigenvalue weighted by Gasteiger charge is -2.27. The maximum atomic E-state index is 13.3. The van der Waals surface area contributed by atoms with E-state index in [9.17, 15) is 8.42 Å². The Morgan fingerprint density at radius 2 is 1.75 bits per heavy atom. The zero-order valence-electron chi connectivity index (χ0n) is 19.9. The van der Waals surface area contributed by atoms with Gasteiger partial charge in [-0.15, -0.1) is 0 Å². The molecule has 0 spiro atoms. The van der Waals surface area contributed by atoms with Crippen molar-refractivity contribution in [1.82, 2.24) is 15.5 Å². The predicted molar refractivity (Wildman–Crippen MR) is 137 cm³/mol. The number of nitrogens with one attached hydrogen (secondary N) is 2. The highest BCUT2D eigenvalue weighted by atomic mass is 32.2. The third-order valence-electron chi connectivity index (χ3n) is 5.81. The zero-order valence-corrected chi connectivity index (χ0v) is 21.5. The Balaban J connectivity index is 1.51. The van der Waals surface area contributed by atoms with Crippen molar-refractivity contribution in [3.8, 4) is 27.8 Å². The number of thiazole rings is 1. The van der Waals surface area contributed by atoms with E-state index in [0.717, 1.165) is 41.8 Å². The first-order chi connectivity index (χ1) is 17.4. The molecule has 0 aliphatic carbocycles. The summed E-state index contributed by atoms with van der Waals surface area (Å²) in [6, 6.07) is 8.27. The van der Waals surface area contributed by atoms with Crippen LogP contribution in [0, 0.1) is 0 Å². The molecule has 36 heavy (non-hydrogen) atoms. The van der Waals surface area contributed by atoms with E-state index < -0.39 is 10.0 Å². The number of anilines is 2. The minimum absolute atomic E-state index is 0.0120. The van der Waals surface area contributed by atoms with Gasteiger partial charge in [0.05, 0.1) is 27.5 Å². The van der Waals surface area contributed by atoms with Gasteiger partial charge in [-0.2, -0.15) is 0 Å². The zero-order chi connectivity index (χ0) is 25.3. The van der Waals surface area contributed by atoms with E-state index in [1.54, 1.807) is 29.5 Å². The van der Waals surface area contributed by atoms with Gasteiger partial charge in [-0.3, -0.25) is 4.72 Å². The van der Waals surface area contributed by atoms with Crippen LogP contribution in [0.25, 0.3) is 21.5 Å². The maximum absolute atomic E-state index is 13.3. The fraction of sp³-hybridized carbons (Fsp3) is 0.304. The molecule has 0 unspecified atom stereocenters. The molecule has 2 N–H and O–H groups in total. The first-order valence-electron chi connectivity index (χ1n) is 11.1. The molecule has 0 saturated carbocycles. The van der Waals surface area contributed by atoms with Gasteiger partial charge in [-0.25, -0.2) is 13.4 Å². The van der Waals surface area contributed by atoms with Gasteiger partial charge in [0.1, 0.15) is 32.6 Å². The molecule has 1 fully saturated rings. The second kappa shape index (κ2) is 9.84. The number of benzene rings is 2. The van der Waals surface area contributed by atoms with Gasteiger partial charge < -0.3 is 29.0 Å². The van der Waals surface area contributed by atoms with Crippen LogP contribution in [0.2, 0.25) is 0 Å². The van der Waals surface area contributed by atoms with Gasteiger partial charge in [0.15, 0.2) is 16.3 Å². The molecule has 3 heterocycles. The molecule has 2 aromatic carbocycles. The van der Waals surface area contributed by atoms with Crippen molar-refractivity contribution in [3.63, 3.8) is 0 Å². The Bertz CT molecular complexity index is 1470. The molecule has 11 nitrogen and oxygen atoms in total. The van der Waals surface area contributed by atoms with Crippen LogP contribution in [0.5, 0.6) is 17.2 Å². The fourth-order valence-electron chi connectivity index (χ4n) is 4.08. The molecule has 0 amide bonds. The highest BCUT2D eigenvalue weighted by Crippen LogP contribution is 2.41. The quantitative estimate of drug-likeness (QED) is 0.350. The van der Waals surface area contributed by atoms with Crippen molar-refractivity contribution < 1.29 is 27.2 Å². The lowest BCUT2D eigenvalue weighted by Crippen LogP contribution is -2.43. The molecule has 5 rings (SSSR count). The molecule has 4 aromatic rings. The fourth-order valence-corrected chi connectivity index (χ4v) is 6.37. The van der Waals surface area contributed by atoms with E-state index in [-0.39, 0.29) is 22.2 Å². The number of sulfonamides is 1. The second-order valence-electron chi connectivity index (χ2n) is 7.92. The van der Waals surface area contributed by atoms with E-state index in [4.69, 9.17) is 18.7 Å². The van der Waals surface area contributed by atoms with Gasteiger partial charge in [0, 0.05) is 31.7 Å². The minimum Gasteiger partial charge on any atom is -0.496 e. The third kappa shape index (κ3) is 4.40. The minimum atomic E-state index is -4.16. The smallest absolute Gasteiger partial charge is 0.270 e. The van der Waals surface area contributed by atoms with Gasteiger partial charge in [0.25, 0.3) is 10.0 Å². The Kier molecular flexibility index (Phi) is 6.60. The van der Waals surface area contributed by atoms with Crippen molar-refractivity contribution in [1.29, 1.82) is 0 Å². The average Bonchev–Trinajstić information content (AvgIpc) is 3.56. The number of rotatable bonds is 8. The Morgan fingerprint density at radius 3 is 2.42 bits per heavy atom. The van der Waals surface area contributed by atoms with E-state index in [2.05, 4.69) is 25.1 Å². The molecule has 13 heteroatoms. The molecule has 2 aromatic heterocycles. The second-order valence-corrected chi connectivity index (χ2v) is 10.5. The SMILES string of the molecule is COc1cccc(OC)c1S(=O)(=O)Nc1noc2cc(-c3ncc(N4CCNCC4)s3)cc(OC)c12. The number of piperazine rings is 1. The summed E-state index contributed by atoms with van der Waals surface area (Å²) < 4.78 is 50.8. The summed E-state index contributed by atoms with van der Waals surface area (Å²) in [5.41, 5.74) is 1.13. The number of ether oxygens (including phenoxy) is 3. The number of hydrogen-bond donors (Lipinski definition) is 2. The van der Waals surface area contributed by atoms with Crippen LogP contribution in [0.3, 0.4) is 0 Å². The molecule has 0 radical (unpaired) electrons. The summed E-state index contributed by atoms with van der Waals surface area (Å²) in [5, 5.41) is 9.59. The number of methoxy groups -OCH3 is 3. The molecular weight excluding hydrogens is 506 g/mol. The van der Waals surface area contributed by atoms with Crippen molar-refractivity contribution in [2.45, 2.75) is 4.90 Å². The van der Waals surface area contributed by atoms with Crippen molar-refractivity contribution in [2.75, 3.05) is 57.1 Å². The summed E-state index contributed by atoms with van der Waals surface area (Å²) in [6.07, 6.45) is 1.86. The number of aromatic nitrogens is 2. The molecule has 0 atom stereocenters. The molecule has 0 bridgehead atoms. The predicted octanol–water partition coefficient (Wildman–Crippen LogP) is 3.19. The molecule has 1 saturated heterocycles. The van der Waals surface area contributed by atoms with Crippen LogP contribution in [-0.4, -0.2) is 66.1 Å². The molecular formula is C23H25N5O6S2. The van der Waals surface area contributed by atoms with E-state index in [0.29, 0.717) is 16.7 Å². The first-order valence-corrected chi connectivity index (χ1v) is 13.4. The van der Waals surface area contributed by atoms with Crippen LogP contribution in [-0.2, 0) is 10.0 Å². The standard InChI is InChI=1S/C23H25N5O6S2/c1-31-15-5-4-6-16(32-2)21(15)36(29,30)27-22-20-17(33-3)11-14(12-18(20)34-26-22)23-25-13-19(35-23)28-9-7-24-8-10-28/h4-6,11-13,24H,7-10H2,1-3H3,(H,26,27). The monoisotopic (exact) mass is 531 g/mol. The van der Waals surface area contributed by atoms with Gasteiger partial charge in [-0.05, 0) is 24.3 Å². The number of fused-ring (bicyclic) bond motifs is 1. The lowest BCUT2D eigenvalue weighted by molar-refractivity contribution is 0.373. The largest absolute Gasteiger partial charge is 0.496 e. The highest BCUT2D eigenvalue weighted by molar-refractivity contribution is 7.93. The molecule has 190 valence electrons. The first kappa shape index (κ1) is 24.2. The van der Waals surface area contributed by atoms with Crippen LogP contribution >= 0.6 is 11.3 Å². The molecule has 1 aliphatic rings. The van der Waals surface area contributed by atoms with Gasteiger partial charge in [0.2, 0.25) is 0 Å². The number of nitrogens with zero attached hydrogens (tertiary/aromatic N) is 3. The van der Waals surface area contributed by atoms with Crippen molar-refractivity contribution >= 4 is 43.1 Å². The lowest BCUT2D eigenvalue weighted by atomic mass is 10.1. The van der Waals surface area contributed by atoms with Crippen molar-refractivity contribution in [3.05, 3.63) is 36.5 Å². The summed E-state index contributed by atoms with van der Waals surface area (Å²) >= 11 is 1.57. The summed E-state index contributed by atoms with van der Waals surface area (Å²) in [7, 11) is 0.115. The van der Waals surface area contributed by atoms with Crippen LogP contribution in [0.15, 0.2) is 45.9 Å². The van der Waals surface area contributed by atoms with Crippen LogP contribution in [0.4, 0.5) is 10.8 Å². The topological polar surface area (TPSA) is 128 Å². The Hall–Kier alpha value is -3.55. The summed E-state index contributed by atoms with van der Waals surface area (Å²) in [4.78, 5) is 6.73. The summed E-state index contributed by atoms with van der Waals surface area (Å²) in [5.74, 6) is 0.648. The van der Waals surface area contributed by atoms with E-state index >= 15 is 0 Å². The number of hydrogen-bond acceptors (Lipinski definition) is 11. The Morgan fingerprint density at radius 1 is 1.06 bits per heavy atom. The van der Waals surface area contributed by atoms with E-state index in [1.165, 1.54) is 33.5 Å². The van der Waals surface area contributed by atoms with E-state index in [1.807, 2.05) is 6.20 Å². The summed E-state index contributed by atoms with van der Waals surface area (Å²) in [6.45, 7) is 3.72. The highest BCUT2D eigenvalue weighted by Gasteiger charge is 2.28. The normalized spacial score (nSPS) is 14.1.